The molecule has 2 fully saturated rings. The second-order valence-electron chi connectivity index (χ2n) is 7.59. The van der Waals surface area contributed by atoms with E-state index >= 15 is 0 Å². The summed E-state index contributed by atoms with van der Waals surface area (Å²) in [5.74, 6) is 0.900. The molecule has 162 valence electrons. The standard InChI is InChI=1S/C21H27N3O4S2/c1-28-19-6-3-2-5-18(19)22-12-14-23(15-13-22)21(25)17-8-10-24(11-9-17)30(26,27)20-7-4-16-29-20/h2-7,16-17H,8-15H2,1H3. The van der Waals surface area contributed by atoms with Gasteiger partial charge in [-0.1, -0.05) is 18.2 Å². The van der Waals surface area contributed by atoms with E-state index in [4.69, 9.17) is 4.74 Å². The molecular weight excluding hydrogens is 422 g/mol. The van der Waals surface area contributed by atoms with Crippen molar-refractivity contribution >= 4 is 33.0 Å². The zero-order chi connectivity index (χ0) is 21.1. The molecule has 3 heterocycles. The Balaban J connectivity index is 1.31. The minimum Gasteiger partial charge on any atom is -0.495 e. The summed E-state index contributed by atoms with van der Waals surface area (Å²) in [7, 11) is -1.76. The normalized spacial score (nSPS) is 19.1. The molecule has 0 radical (unpaired) electrons. The van der Waals surface area contributed by atoms with Crippen LogP contribution in [0.1, 0.15) is 12.8 Å². The third kappa shape index (κ3) is 4.19. The number of hydrogen-bond acceptors (Lipinski definition) is 6. The molecule has 1 aromatic carbocycles. The lowest BCUT2D eigenvalue weighted by molar-refractivity contribution is -0.137. The highest BCUT2D eigenvalue weighted by Gasteiger charge is 2.35. The number of piperazine rings is 1. The molecule has 0 N–H and O–H groups in total. The van der Waals surface area contributed by atoms with Crippen molar-refractivity contribution in [3.63, 3.8) is 0 Å². The first-order valence-corrected chi connectivity index (χ1v) is 12.5. The van der Waals surface area contributed by atoms with Crippen molar-refractivity contribution in [2.24, 2.45) is 5.92 Å². The van der Waals surface area contributed by atoms with E-state index in [2.05, 4.69) is 4.90 Å². The number of rotatable bonds is 5. The van der Waals surface area contributed by atoms with Crippen LogP contribution in [-0.4, -0.2) is 69.9 Å². The molecule has 2 aromatic rings. The summed E-state index contributed by atoms with van der Waals surface area (Å²) in [6.45, 7) is 3.67. The number of anilines is 1. The van der Waals surface area contributed by atoms with Gasteiger partial charge in [-0.3, -0.25) is 4.79 Å². The van der Waals surface area contributed by atoms with Gasteiger partial charge in [0, 0.05) is 45.2 Å². The van der Waals surface area contributed by atoms with E-state index in [0.29, 0.717) is 43.2 Å². The Morgan fingerprint density at radius 1 is 1.00 bits per heavy atom. The molecule has 1 amide bonds. The van der Waals surface area contributed by atoms with E-state index in [0.717, 1.165) is 24.5 Å². The number of hydrogen-bond donors (Lipinski definition) is 0. The minimum atomic E-state index is -3.43. The van der Waals surface area contributed by atoms with Crippen LogP contribution in [0, 0.1) is 5.92 Å². The first-order chi connectivity index (χ1) is 14.5. The van der Waals surface area contributed by atoms with Crippen LogP contribution in [0.3, 0.4) is 0 Å². The van der Waals surface area contributed by atoms with Gasteiger partial charge < -0.3 is 14.5 Å². The molecule has 0 aliphatic carbocycles. The third-order valence-electron chi connectivity index (χ3n) is 5.91. The number of ether oxygens (including phenoxy) is 1. The number of carbonyl (C=O) groups is 1. The van der Waals surface area contributed by atoms with Gasteiger partial charge in [0.05, 0.1) is 12.8 Å². The summed E-state index contributed by atoms with van der Waals surface area (Å²) in [5, 5.41) is 1.77. The minimum absolute atomic E-state index is 0.0994. The van der Waals surface area contributed by atoms with Crippen molar-refractivity contribution in [1.82, 2.24) is 9.21 Å². The Morgan fingerprint density at radius 2 is 1.70 bits per heavy atom. The summed E-state index contributed by atoms with van der Waals surface area (Å²) in [6, 6.07) is 11.3. The fourth-order valence-electron chi connectivity index (χ4n) is 4.20. The second-order valence-corrected chi connectivity index (χ2v) is 10.7. The number of piperidine rings is 1. The average molecular weight is 450 g/mol. The van der Waals surface area contributed by atoms with Gasteiger partial charge in [0.25, 0.3) is 10.0 Å². The molecule has 0 unspecified atom stereocenters. The lowest BCUT2D eigenvalue weighted by atomic mass is 9.96. The Hall–Kier alpha value is -2.10. The lowest BCUT2D eigenvalue weighted by Crippen LogP contribution is -2.52. The van der Waals surface area contributed by atoms with Gasteiger partial charge >= 0.3 is 0 Å². The van der Waals surface area contributed by atoms with Crippen LogP contribution >= 0.6 is 11.3 Å². The largest absolute Gasteiger partial charge is 0.495 e. The Labute approximate surface area is 181 Å². The van der Waals surface area contributed by atoms with Gasteiger partial charge in [-0.05, 0) is 36.4 Å². The molecule has 9 heteroatoms. The lowest BCUT2D eigenvalue weighted by Gasteiger charge is -2.39. The van der Waals surface area contributed by atoms with Gasteiger partial charge in [-0.2, -0.15) is 4.31 Å². The van der Waals surface area contributed by atoms with E-state index in [-0.39, 0.29) is 11.8 Å². The zero-order valence-corrected chi connectivity index (χ0v) is 18.7. The summed E-state index contributed by atoms with van der Waals surface area (Å²) >= 11 is 1.24. The fraction of sp³-hybridized carbons (Fsp3) is 0.476. The van der Waals surface area contributed by atoms with Crippen LogP contribution in [0.15, 0.2) is 46.0 Å². The number of benzene rings is 1. The molecule has 0 spiro atoms. The fourth-order valence-corrected chi connectivity index (χ4v) is 6.81. The highest BCUT2D eigenvalue weighted by molar-refractivity contribution is 7.91. The van der Waals surface area contributed by atoms with Crippen LogP contribution in [-0.2, 0) is 14.8 Å². The van der Waals surface area contributed by atoms with Gasteiger partial charge in [0.2, 0.25) is 5.91 Å². The first-order valence-electron chi connectivity index (χ1n) is 10.2. The summed E-state index contributed by atoms with van der Waals surface area (Å²) in [5.41, 5.74) is 1.05. The molecule has 2 saturated heterocycles. The van der Waals surface area contributed by atoms with E-state index < -0.39 is 10.0 Å². The number of carbonyl (C=O) groups excluding carboxylic acids is 1. The average Bonchev–Trinajstić information content (AvgIpc) is 3.35. The molecule has 0 saturated carbocycles. The number of nitrogens with zero attached hydrogens (tertiary/aromatic N) is 3. The highest BCUT2D eigenvalue weighted by Crippen LogP contribution is 2.30. The number of para-hydroxylation sites is 2. The monoisotopic (exact) mass is 449 g/mol. The number of sulfonamides is 1. The Morgan fingerprint density at radius 3 is 2.33 bits per heavy atom. The highest BCUT2D eigenvalue weighted by atomic mass is 32.2. The van der Waals surface area contributed by atoms with E-state index in [1.165, 1.54) is 15.6 Å². The molecule has 1 aromatic heterocycles. The number of methoxy groups -OCH3 is 1. The van der Waals surface area contributed by atoms with Crippen LogP contribution in [0.2, 0.25) is 0 Å². The van der Waals surface area contributed by atoms with Crippen molar-refractivity contribution in [1.29, 1.82) is 0 Å². The Kier molecular flexibility index (Phi) is 6.31. The van der Waals surface area contributed by atoms with Gasteiger partial charge in [-0.15, -0.1) is 11.3 Å². The van der Waals surface area contributed by atoms with Crippen LogP contribution in [0.25, 0.3) is 0 Å². The number of amides is 1. The molecule has 2 aliphatic rings. The maximum Gasteiger partial charge on any atom is 0.252 e. The van der Waals surface area contributed by atoms with Crippen molar-refractivity contribution in [2.75, 3.05) is 51.3 Å². The van der Waals surface area contributed by atoms with Crippen LogP contribution < -0.4 is 9.64 Å². The van der Waals surface area contributed by atoms with Gasteiger partial charge in [0.15, 0.2) is 0 Å². The van der Waals surface area contributed by atoms with Gasteiger partial charge in [0.1, 0.15) is 9.96 Å². The molecule has 0 atom stereocenters. The first kappa shape index (κ1) is 21.1. The third-order valence-corrected chi connectivity index (χ3v) is 9.18. The zero-order valence-electron chi connectivity index (χ0n) is 17.1. The summed E-state index contributed by atoms with van der Waals surface area (Å²) in [6.07, 6.45) is 1.16. The van der Waals surface area contributed by atoms with E-state index in [9.17, 15) is 13.2 Å². The van der Waals surface area contributed by atoms with Crippen LogP contribution in [0.4, 0.5) is 5.69 Å². The van der Waals surface area contributed by atoms with E-state index in [1.807, 2.05) is 29.2 Å². The quantitative estimate of drug-likeness (QED) is 0.702. The molecule has 2 aliphatic heterocycles. The predicted octanol–water partition coefficient (Wildman–Crippen LogP) is 2.51. The Bertz CT molecular complexity index is 962. The van der Waals surface area contributed by atoms with Crippen molar-refractivity contribution in [3.05, 3.63) is 41.8 Å². The number of thiophene rings is 1. The molecule has 30 heavy (non-hydrogen) atoms. The van der Waals surface area contributed by atoms with E-state index in [1.54, 1.807) is 24.6 Å². The van der Waals surface area contributed by atoms with Crippen molar-refractivity contribution < 1.29 is 17.9 Å². The molecular formula is C21H27N3O4S2. The molecule has 7 nitrogen and oxygen atoms in total. The van der Waals surface area contributed by atoms with Crippen molar-refractivity contribution in [3.8, 4) is 5.75 Å². The summed E-state index contributed by atoms with van der Waals surface area (Å²) in [4.78, 5) is 17.2. The summed E-state index contributed by atoms with van der Waals surface area (Å²) < 4.78 is 32.7. The smallest absolute Gasteiger partial charge is 0.252 e. The molecule has 0 bridgehead atoms. The maximum absolute atomic E-state index is 13.0. The topological polar surface area (TPSA) is 70.2 Å². The maximum atomic E-state index is 13.0. The van der Waals surface area contributed by atoms with Crippen molar-refractivity contribution in [2.45, 2.75) is 17.1 Å². The predicted molar refractivity (Wildman–Crippen MR) is 118 cm³/mol. The SMILES string of the molecule is COc1ccccc1N1CCN(C(=O)C2CCN(S(=O)(=O)c3cccs3)CC2)CC1. The van der Waals surface area contributed by atoms with Gasteiger partial charge in [-0.25, -0.2) is 8.42 Å². The van der Waals surface area contributed by atoms with Crippen LogP contribution in [0.5, 0.6) is 5.75 Å². The second kappa shape index (κ2) is 8.95. The molecule has 4 rings (SSSR count).